The van der Waals surface area contributed by atoms with Crippen LogP contribution in [0.5, 0.6) is 0 Å². The molecule has 8 heteroatoms. The number of aryl methyl sites for hydroxylation is 3. The van der Waals surface area contributed by atoms with Gasteiger partial charge in [0.25, 0.3) is 0 Å². The molecular formula is C19H36N6O2. The molecule has 1 rings (SSSR count). The molecule has 0 bridgehead atoms. The van der Waals surface area contributed by atoms with Gasteiger partial charge in [0.15, 0.2) is 5.96 Å². The summed E-state index contributed by atoms with van der Waals surface area (Å²) in [5.74, 6) is 1.19. The third-order valence-corrected chi connectivity index (χ3v) is 4.04. The molecule has 1 heterocycles. The minimum Gasteiger partial charge on any atom is -0.450 e. The highest BCUT2D eigenvalue weighted by Crippen LogP contribution is 2.05. The number of nitrogens with one attached hydrogen (secondary N) is 3. The second-order valence-electron chi connectivity index (χ2n) is 7.07. The van der Waals surface area contributed by atoms with Crippen molar-refractivity contribution in [3.8, 4) is 0 Å². The van der Waals surface area contributed by atoms with Crippen LogP contribution in [-0.2, 0) is 11.3 Å². The smallest absolute Gasteiger partial charge is 0.407 e. The van der Waals surface area contributed by atoms with Crippen LogP contribution in [0, 0.1) is 19.8 Å². The van der Waals surface area contributed by atoms with E-state index in [1.807, 2.05) is 11.6 Å². The highest BCUT2D eigenvalue weighted by molar-refractivity contribution is 5.79. The highest BCUT2D eigenvalue weighted by Gasteiger charge is 2.15. The zero-order chi connectivity index (χ0) is 20.2. The van der Waals surface area contributed by atoms with Gasteiger partial charge in [-0.15, -0.1) is 0 Å². The molecular weight excluding hydrogens is 344 g/mol. The Morgan fingerprint density at radius 2 is 2.07 bits per heavy atom. The standard InChI is InChI=1S/C19H36N6O2/c1-7-27-19(26)23-17(11-14(2)3)13-22-18(20-6)21-9-8-10-25-16(5)12-15(4)24-25/h12,14,17H,7-11,13H2,1-6H3,(H,23,26)(H2,20,21,22). The van der Waals surface area contributed by atoms with Crippen LogP contribution in [0.3, 0.4) is 0 Å². The van der Waals surface area contributed by atoms with Crippen LogP contribution in [0.25, 0.3) is 0 Å². The molecule has 1 amide bonds. The summed E-state index contributed by atoms with van der Waals surface area (Å²) >= 11 is 0. The van der Waals surface area contributed by atoms with E-state index in [-0.39, 0.29) is 12.1 Å². The SMILES string of the molecule is CCOC(=O)NC(CNC(=NC)NCCCn1nc(C)cc1C)CC(C)C. The molecule has 1 atom stereocenters. The van der Waals surface area contributed by atoms with Gasteiger partial charge in [0.1, 0.15) is 0 Å². The molecule has 8 nitrogen and oxygen atoms in total. The lowest BCUT2D eigenvalue weighted by Gasteiger charge is -2.22. The molecule has 1 unspecified atom stereocenters. The molecule has 0 radical (unpaired) electrons. The predicted octanol–water partition coefficient (Wildman–Crippen LogP) is 2.22. The number of hydrogen-bond acceptors (Lipinski definition) is 4. The number of ether oxygens (including phenoxy) is 1. The average Bonchev–Trinajstić information content (AvgIpc) is 2.91. The normalized spacial score (nSPS) is 12.8. The molecule has 0 fully saturated rings. The fraction of sp³-hybridized carbons (Fsp3) is 0.737. The number of aromatic nitrogens is 2. The summed E-state index contributed by atoms with van der Waals surface area (Å²) in [5, 5.41) is 14.0. The number of aliphatic imine (C=N–C) groups is 1. The lowest BCUT2D eigenvalue weighted by atomic mass is 10.0. The van der Waals surface area contributed by atoms with Gasteiger partial charge in [-0.05, 0) is 45.6 Å². The maximum atomic E-state index is 11.7. The van der Waals surface area contributed by atoms with Gasteiger partial charge in [0.2, 0.25) is 0 Å². The van der Waals surface area contributed by atoms with Crippen molar-refractivity contribution in [3.63, 3.8) is 0 Å². The van der Waals surface area contributed by atoms with Crippen LogP contribution in [-0.4, -0.2) is 54.6 Å². The van der Waals surface area contributed by atoms with Gasteiger partial charge in [-0.25, -0.2) is 4.79 Å². The molecule has 0 aromatic carbocycles. The van der Waals surface area contributed by atoms with Crippen LogP contribution in [0.15, 0.2) is 11.1 Å². The Kier molecular flexibility index (Phi) is 10.3. The first-order valence-electron chi connectivity index (χ1n) is 9.74. The monoisotopic (exact) mass is 380 g/mol. The van der Waals surface area contributed by atoms with Crippen LogP contribution in [0.1, 0.15) is 45.0 Å². The predicted molar refractivity (Wildman–Crippen MR) is 109 cm³/mol. The van der Waals surface area contributed by atoms with E-state index in [1.165, 1.54) is 5.69 Å². The van der Waals surface area contributed by atoms with Gasteiger partial charge < -0.3 is 20.7 Å². The highest BCUT2D eigenvalue weighted by atomic mass is 16.5. The summed E-state index contributed by atoms with van der Waals surface area (Å²) < 4.78 is 7.01. The summed E-state index contributed by atoms with van der Waals surface area (Å²) in [7, 11) is 1.74. The first kappa shape index (κ1) is 22.8. The van der Waals surface area contributed by atoms with Crippen LogP contribution < -0.4 is 16.0 Å². The minimum atomic E-state index is -0.377. The molecule has 0 aliphatic rings. The maximum Gasteiger partial charge on any atom is 0.407 e. The third kappa shape index (κ3) is 9.30. The quantitative estimate of drug-likeness (QED) is 0.329. The van der Waals surface area contributed by atoms with E-state index in [1.54, 1.807) is 14.0 Å². The largest absolute Gasteiger partial charge is 0.450 e. The van der Waals surface area contributed by atoms with Crippen molar-refractivity contribution >= 4 is 12.1 Å². The van der Waals surface area contributed by atoms with E-state index in [2.05, 4.69) is 52.9 Å². The van der Waals surface area contributed by atoms with Gasteiger partial charge in [0.05, 0.1) is 12.3 Å². The van der Waals surface area contributed by atoms with Gasteiger partial charge in [-0.2, -0.15) is 5.10 Å². The van der Waals surface area contributed by atoms with Gasteiger partial charge in [-0.3, -0.25) is 9.67 Å². The van der Waals surface area contributed by atoms with Crippen LogP contribution in [0.2, 0.25) is 0 Å². The van der Waals surface area contributed by atoms with Crippen molar-refractivity contribution in [2.24, 2.45) is 10.9 Å². The zero-order valence-electron chi connectivity index (χ0n) is 17.6. The topological polar surface area (TPSA) is 92.6 Å². The summed E-state index contributed by atoms with van der Waals surface area (Å²) in [6.45, 7) is 12.7. The van der Waals surface area contributed by atoms with E-state index >= 15 is 0 Å². The van der Waals surface area contributed by atoms with E-state index in [4.69, 9.17) is 4.74 Å². The second kappa shape index (κ2) is 12.2. The Bertz CT molecular complexity index is 597. The van der Waals surface area contributed by atoms with Crippen molar-refractivity contribution in [3.05, 3.63) is 17.5 Å². The van der Waals surface area contributed by atoms with E-state index in [0.29, 0.717) is 19.1 Å². The number of carbonyl (C=O) groups is 1. The first-order chi connectivity index (χ1) is 12.8. The molecule has 3 N–H and O–H groups in total. The minimum absolute atomic E-state index is 0.0164. The van der Waals surface area contributed by atoms with Crippen LogP contribution in [0.4, 0.5) is 4.79 Å². The lowest BCUT2D eigenvalue weighted by Crippen LogP contribution is -2.47. The summed E-state index contributed by atoms with van der Waals surface area (Å²) in [5.41, 5.74) is 2.22. The van der Waals surface area contributed by atoms with E-state index in [0.717, 1.165) is 37.6 Å². The number of nitrogens with zero attached hydrogens (tertiary/aromatic N) is 3. The molecule has 0 aliphatic carbocycles. The fourth-order valence-electron chi connectivity index (χ4n) is 2.88. The Labute approximate surface area is 163 Å². The zero-order valence-corrected chi connectivity index (χ0v) is 17.6. The summed E-state index contributed by atoms with van der Waals surface area (Å²) in [6.07, 6.45) is 1.43. The van der Waals surface area contributed by atoms with Crippen molar-refractivity contribution in [2.45, 2.75) is 60.0 Å². The number of amides is 1. The van der Waals surface area contributed by atoms with Crippen molar-refractivity contribution in [2.75, 3.05) is 26.7 Å². The summed E-state index contributed by atoms with van der Waals surface area (Å²) in [4.78, 5) is 16.0. The van der Waals surface area contributed by atoms with Crippen molar-refractivity contribution < 1.29 is 9.53 Å². The number of hydrogen-bond donors (Lipinski definition) is 3. The molecule has 0 aliphatic heterocycles. The fourth-order valence-corrected chi connectivity index (χ4v) is 2.88. The maximum absolute atomic E-state index is 11.7. The van der Waals surface area contributed by atoms with Gasteiger partial charge in [-0.1, -0.05) is 13.8 Å². The van der Waals surface area contributed by atoms with E-state index in [9.17, 15) is 4.79 Å². The lowest BCUT2D eigenvalue weighted by molar-refractivity contribution is 0.146. The Morgan fingerprint density at radius 3 is 2.63 bits per heavy atom. The summed E-state index contributed by atoms with van der Waals surface area (Å²) in [6, 6.07) is 2.07. The third-order valence-electron chi connectivity index (χ3n) is 4.04. The average molecular weight is 381 g/mol. The number of carbonyl (C=O) groups excluding carboxylic acids is 1. The van der Waals surface area contributed by atoms with Crippen molar-refractivity contribution in [1.29, 1.82) is 0 Å². The van der Waals surface area contributed by atoms with Gasteiger partial charge >= 0.3 is 6.09 Å². The van der Waals surface area contributed by atoms with Crippen molar-refractivity contribution in [1.82, 2.24) is 25.7 Å². The molecule has 1 aromatic rings. The van der Waals surface area contributed by atoms with Crippen LogP contribution >= 0.6 is 0 Å². The molecule has 1 aromatic heterocycles. The van der Waals surface area contributed by atoms with E-state index < -0.39 is 0 Å². The number of guanidine groups is 1. The molecule has 154 valence electrons. The number of alkyl carbamates (subject to hydrolysis) is 1. The molecule has 27 heavy (non-hydrogen) atoms. The Morgan fingerprint density at radius 1 is 1.33 bits per heavy atom. The second-order valence-corrected chi connectivity index (χ2v) is 7.07. The molecule has 0 saturated carbocycles. The van der Waals surface area contributed by atoms with Gasteiger partial charge in [0, 0.05) is 38.4 Å². The number of rotatable bonds is 10. The molecule has 0 spiro atoms. The molecule has 0 saturated heterocycles. The Balaban J connectivity index is 2.39. The Hall–Kier alpha value is -2.25. The first-order valence-corrected chi connectivity index (χ1v) is 9.74.